The molecule has 6 nitrogen and oxygen atoms in total. The molecule has 0 spiro atoms. The fraction of sp³-hybridized carbons (Fsp3) is 0.0588. The zero-order valence-electron chi connectivity index (χ0n) is 13.6. The monoisotopic (exact) mass is 435 g/mol. The molecule has 2 aromatic carbocycles. The van der Waals surface area contributed by atoms with Crippen LogP contribution in [0.3, 0.4) is 0 Å². The van der Waals surface area contributed by atoms with E-state index in [2.05, 4.69) is 25.1 Å². The summed E-state index contributed by atoms with van der Waals surface area (Å²) in [6.07, 6.45) is 0. The molecule has 0 saturated heterocycles. The van der Waals surface area contributed by atoms with Crippen LogP contribution in [0.5, 0.6) is 5.75 Å². The van der Waals surface area contributed by atoms with Gasteiger partial charge in [-0.25, -0.2) is 0 Å². The topological polar surface area (TPSA) is 72.8 Å². The van der Waals surface area contributed by atoms with E-state index in [4.69, 9.17) is 27.9 Å². The van der Waals surface area contributed by atoms with E-state index >= 15 is 0 Å². The summed E-state index contributed by atoms with van der Waals surface area (Å²) in [6, 6.07) is 12.9. The van der Waals surface area contributed by atoms with Crippen molar-refractivity contribution >= 4 is 56.9 Å². The molecule has 4 rings (SSSR count). The summed E-state index contributed by atoms with van der Waals surface area (Å²) >= 11 is 14.8. The van der Waals surface area contributed by atoms with Crippen molar-refractivity contribution in [1.82, 2.24) is 19.8 Å². The Labute approximate surface area is 172 Å². The van der Waals surface area contributed by atoms with E-state index in [-0.39, 0.29) is 0 Å². The molecule has 0 aliphatic heterocycles. The Morgan fingerprint density at radius 3 is 2.59 bits per heavy atom. The molecule has 1 N–H and O–H groups in total. The number of halogens is 2. The summed E-state index contributed by atoms with van der Waals surface area (Å²) in [5.74, 6) is 0.743. The molecule has 0 saturated carbocycles. The number of aromatic nitrogens is 4. The second-order valence-electron chi connectivity index (χ2n) is 5.35. The number of anilines is 2. The molecule has 0 unspecified atom stereocenters. The predicted octanol–water partition coefficient (Wildman–Crippen LogP) is 5.69. The highest BCUT2D eigenvalue weighted by Gasteiger charge is 2.08. The van der Waals surface area contributed by atoms with Crippen LogP contribution >= 0.6 is 46.1 Å². The highest BCUT2D eigenvalue weighted by Crippen LogP contribution is 2.29. The Morgan fingerprint density at radius 2 is 1.85 bits per heavy atom. The first-order chi connectivity index (χ1) is 13.2. The number of rotatable bonds is 6. The van der Waals surface area contributed by atoms with E-state index in [1.807, 2.05) is 29.6 Å². The minimum atomic E-state index is 0.325. The van der Waals surface area contributed by atoms with Crippen molar-refractivity contribution in [2.45, 2.75) is 6.61 Å². The molecular weight excluding hydrogens is 425 g/mol. The molecule has 10 heteroatoms. The molecule has 0 aliphatic carbocycles. The van der Waals surface area contributed by atoms with E-state index in [1.54, 1.807) is 18.2 Å². The van der Waals surface area contributed by atoms with Gasteiger partial charge in [-0.1, -0.05) is 39.0 Å². The van der Waals surface area contributed by atoms with Gasteiger partial charge in [0.25, 0.3) is 0 Å². The van der Waals surface area contributed by atoms with Gasteiger partial charge in [-0.15, -0.1) is 15.3 Å². The molecule has 136 valence electrons. The number of benzene rings is 2. The van der Waals surface area contributed by atoms with Crippen LogP contribution in [0.2, 0.25) is 10.0 Å². The molecule has 0 atom stereocenters. The third kappa shape index (κ3) is 4.54. The van der Waals surface area contributed by atoms with E-state index in [1.165, 1.54) is 22.9 Å². The van der Waals surface area contributed by atoms with Crippen LogP contribution in [0.15, 0.2) is 47.8 Å². The molecule has 0 bridgehead atoms. The zero-order valence-corrected chi connectivity index (χ0v) is 16.7. The van der Waals surface area contributed by atoms with Crippen molar-refractivity contribution in [3.05, 3.63) is 62.9 Å². The summed E-state index contributed by atoms with van der Waals surface area (Å²) in [5, 5.41) is 19.8. The third-order valence-electron chi connectivity index (χ3n) is 3.51. The average molecular weight is 436 g/mol. The lowest BCUT2D eigenvalue weighted by Gasteiger charge is -2.05. The fourth-order valence-corrected chi connectivity index (χ4v) is 3.81. The minimum absolute atomic E-state index is 0.325. The molecule has 4 aromatic rings. The van der Waals surface area contributed by atoms with Crippen molar-refractivity contribution in [3.63, 3.8) is 0 Å². The second kappa shape index (κ2) is 8.18. The van der Waals surface area contributed by atoms with E-state index in [0.29, 0.717) is 21.8 Å². The number of ether oxygens (including phenoxy) is 1. The predicted molar refractivity (Wildman–Crippen MR) is 109 cm³/mol. The standard InChI is InChI=1S/C17H11Cl2N5OS2/c18-11-3-6-14(13(19)7-11)20-17-23-22-16(27-17)8-25-12-4-1-10(2-5-12)15-9-26-24-21-15/h1-7,9H,8H2,(H,20,23). The van der Waals surface area contributed by atoms with Crippen LogP contribution in [0.4, 0.5) is 10.8 Å². The van der Waals surface area contributed by atoms with Gasteiger partial charge in [0.1, 0.15) is 18.1 Å². The summed E-state index contributed by atoms with van der Waals surface area (Å²) in [7, 11) is 0. The zero-order chi connectivity index (χ0) is 18.6. The molecule has 2 heterocycles. The van der Waals surface area contributed by atoms with E-state index < -0.39 is 0 Å². The lowest BCUT2D eigenvalue weighted by atomic mass is 10.2. The largest absolute Gasteiger partial charge is 0.486 e. The van der Waals surface area contributed by atoms with Gasteiger partial charge < -0.3 is 10.1 Å². The molecule has 0 fully saturated rings. The Balaban J connectivity index is 1.36. The quantitative estimate of drug-likeness (QED) is 0.419. The van der Waals surface area contributed by atoms with Crippen molar-refractivity contribution in [3.8, 4) is 17.0 Å². The highest BCUT2D eigenvalue weighted by molar-refractivity contribution is 7.15. The van der Waals surface area contributed by atoms with Crippen molar-refractivity contribution in [2.75, 3.05) is 5.32 Å². The first kappa shape index (κ1) is 18.1. The smallest absolute Gasteiger partial charge is 0.210 e. The van der Waals surface area contributed by atoms with Gasteiger partial charge in [0, 0.05) is 16.0 Å². The van der Waals surface area contributed by atoms with Crippen LogP contribution in [-0.4, -0.2) is 19.8 Å². The molecular formula is C17H11Cl2N5OS2. The number of nitrogens with zero attached hydrogens (tertiary/aromatic N) is 4. The Hall–Kier alpha value is -2.26. The molecule has 0 amide bonds. The minimum Gasteiger partial charge on any atom is -0.486 e. The molecule has 2 aromatic heterocycles. The van der Waals surface area contributed by atoms with Gasteiger partial charge in [0.05, 0.1) is 10.7 Å². The van der Waals surface area contributed by atoms with Crippen LogP contribution in [0, 0.1) is 0 Å². The van der Waals surface area contributed by atoms with Crippen LogP contribution in [-0.2, 0) is 6.61 Å². The Bertz CT molecular complexity index is 1040. The molecule has 0 radical (unpaired) electrons. The normalized spacial score (nSPS) is 10.7. The van der Waals surface area contributed by atoms with Gasteiger partial charge in [0.15, 0.2) is 5.01 Å². The fourth-order valence-electron chi connectivity index (χ4n) is 2.23. The average Bonchev–Trinajstić information content (AvgIpc) is 3.35. The Morgan fingerprint density at radius 1 is 1.00 bits per heavy atom. The molecule has 27 heavy (non-hydrogen) atoms. The maximum atomic E-state index is 6.15. The van der Waals surface area contributed by atoms with Gasteiger partial charge >= 0.3 is 0 Å². The van der Waals surface area contributed by atoms with E-state index in [9.17, 15) is 0 Å². The lowest BCUT2D eigenvalue weighted by molar-refractivity contribution is 0.304. The third-order valence-corrected chi connectivity index (χ3v) is 5.38. The van der Waals surface area contributed by atoms with Crippen LogP contribution in [0.1, 0.15) is 5.01 Å². The summed E-state index contributed by atoms with van der Waals surface area (Å²) in [6.45, 7) is 0.325. The van der Waals surface area contributed by atoms with Crippen LogP contribution < -0.4 is 10.1 Å². The SMILES string of the molecule is Clc1ccc(Nc2nnc(COc3ccc(-c4csnn4)cc3)s2)c(Cl)c1. The molecule has 0 aliphatic rings. The van der Waals surface area contributed by atoms with Gasteiger partial charge in [-0.05, 0) is 54.0 Å². The van der Waals surface area contributed by atoms with E-state index in [0.717, 1.165) is 27.7 Å². The number of nitrogens with one attached hydrogen (secondary N) is 1. The van der Waals surface area contributed by atoms with Crippen molar-refractivity contribution < 1.29 is 4.74 Å². The highest BCUT2D eigenvalue weighted by atomic mass is 35.5. The van der Waals surface area contributed by atoms with Gasteiger partial charge in [-0.3, -0.25) is 0 Å². The summed E-state index contributed by atoms with van der Waals surface area (Å²) < 4.78 is 9.64. The summed E-state index contributed by atoms with van der Waals surface area (Å²) in [5.41, 5.74) is 2.57. The van der Waals surface area contributed by atoms with Crippen LogP contribution in [0.25, 0.3) is 11.3 Å². The summed E-state index contributed by atoms with van der Waals surface area (Å²) in [4.78, 5) is 0. The maximum Gasteiger partial charge on any atom is 0.210 e. The number of hydrogen-bond acceptors (Lipinski definition) is 8. The van der Waals surface area contributed by atoms with Gasteiger partial charge in [-0.2, -0.15) is 0 Å². The first-order valence-electron chi connectivity index (χ1n) is 7.72. The maximum absolute atomic E-state index is 6.15. The number of hydrogen-bond donors (Lipinski definition) is 1. The van der Waals surface area contributed by atoms with Crippen molar-refractivity contribution in [1.29, 1.82) is 0 Å². The lowest BCUT2D eigenvalue weighted by Crippen LogP contribution is -1.94. The Kier molecular flexibility index (Phi) is 5.49. The van der Waals surface area contributed by atoms with Crippen molar-refractivity contribution in [2.24, 2.45) is 0 Å². The van der Waals surface area contributed by atoms with Gasteiger partial charge in [0.2, 0.25) is 5.13 Å². The second-order valence-corrected chi connectivity index (χ2v) is 7.87. The first-order valence-corrected chi connectivity index (χ1v) is 10.1.